The van der Waals surface area contributed by atoms with Gasteiger partial charge in [0.25, 0.3) is 0 Å². The van der Waals surface area contributed by atoms with Gasteiger partial charge >= 0.3 is 0 Å². The van der Waals surface area contributed by atoms with E-state index in [0.29, 0.717) is 6.04 Å². The summed E-state index contributed by atoms with van der Waals surface area (Å²) < 4.78 is 2.18. The Morgan fingerprint density at radius 2 is 1.90 bits per heavy atom. The summed E-state index contributed by atoms with van der Waals surface area (Å²) in [7, 11) is 0. The number of nitrogens with zero attached hydrogens (tertiary/aromatic N) is 2. The molecular weight excluding hydrogens is 246 g/mol. The van der Waals surface area contributed by atoms with Gasteiger partial charge in [-0.15, -0.1) is 0 Å². The Hall–Kier alpha value is -1.61. The highest BCUT2D eigenvalue weighted by molar-refractivity contribution is 5.21. The Labute approximate surface area is 122 Å². The average Bonchev–Trinajstić information content (AvgIpc) is 2.86. The summed E-state index contributed by atoms with van der Waals surface area (Å²) in [6.45, 7) is 10.8. The smallest absolute Gasteiger partial charge is 0.0948 e. The molecule has 1 N–H and O–H groups in total. The van der Waals surface area contributed by atoms with Crippen LogP contribution >= 0.6 is 0 Å². The number of nitrogens with one attached hydrogen (secondary N) is 1. The maximum Gasteiger partial charge on any atom is 0.0948 e. The van der Waals surface area contributed by atoms with Crippen molar-refractivity contribution in [1.82, 2.24) is 14.9 Å². The molecule has 3 heteroatoms. The lowest BCUT2D eigenvalue weighted by Gasteiger charge is -2.32. The standard InChI is InChI=1S/C17H25N3/c1-5-20-13-18-11-15(20)12-19-16(17(2,3)4)14-9-7-6-8-10-14/h6-11,13,16,19H,5,12H2,1-4H3. The maximum atomic E-state index is 4.23. The Morgan fingerprint density at radius 3 is 2.50 bits per heavy atom. The molecule has 2 rings (SSSR count). The molecule has 1 heterocycles. The molecule has 0 bridgehead atoms. The Morgan fingerprint density at radius 1 is 1.20 bits per heavy atom. The maximum absolute atomic E-state index is 4.23. The van der Waals surface area contributed by atoms with Crippen molar-refractivity contribution in [2.75, 3.05) is 0 Å². The topological polar surface area (TPSA) is 29.9 Å². The van der Waals surface area contributed by atoms with Crippen LogP contribution in [-0.2, 0) is 13.1 Å². The molecule has 108 valence electrons. The molecule has 1 aromatic carbocycles. The van der Waals surface area contributed by atoms with Crippen LogP contribution < -0.4 is 5.32 Å². The number of aryl methyl sites for hydroxylation is 1. The van der Waals surface area contributed by atoms with Gasteiger partial charge in [-0.05, 0) is 17.9 Å². The lowest BCUT2D eigenvalue weighted by Crippen LogP contribution is -2.32. The van der Waals surface area contributed by atoms with Crippen LogP contribution in [0, 0.1) is 5.41 Å². The minimum Gasteiger partial charge on any atom is -0.334 e. The fourth-order valence-corrected chi connectivity index (χ4v) is 2.56. The minimum absolute atomic E-state index is 0.165. The van der Waals surface area contributed by atoms with Gasteiger partial charge in [-0.2, -0.15) is 0 Å². The fourth-order valence-electron chi connectivity index (χ4n) is 2.56. The zero-order valence-corrected chi connectivity index (χ0v) is 12.9. The summed E-state index contributed by atoms with van der Waals surface area (Å²) >= 11 is 0. The third-order valence-electron chi connectivity index (χ3n) is 3.63. The highest BCUT2D eigenvalue weighted by Gasteiger charge is 2.25. The van der Waals surface area contributed by atoms with Crippen LogP contribution in [-0.4, -0.2) is 9.55 Å². The lowest BCUT2D eigenvalue weighted by atomic mass is 9.82. The first-order valence-electron chi connectivity index (χ1n) is 7.29. The Bertz CT molecular complexity index is 523. The largest absolute Gasteiger partial charge is 0.334 e. The number of rotatable bonds is 5. The lowest BCUT2D eigenvalue weighted by molar-refractivity contribution is 0.269. The predicted molar refractivity (Wildman–Crippen MR) is 83.4 cm³/mol. The molecule has 0 aliphatic rings. The third-order valence-corrected chi connectivity index (χ3v) is 3.63. The molecular formula is C17H25N3. The van der Waals surface area contributed by atoms with Crippen molar-refractivity contribution in [3.63, 3.8) is 0 Å². The van der Waals surface area contributed by atoms with Crippen molar-refractivity contribution in [3.05, 3.63) is 54.1 Å². The summed E-state index contributed by atoms with van der Waals surface area (Å²) in [5.41, 5.74) is 2.73. The van der Waals surface area contributed by atoms with Crippen LogP contribution in [0.2, 0.25) is 0 Å². The van der Waals surface area contributed by atoms with E-state index in [-0.39, 0.29) is 5.41 Å². The van der Waals surface area contributed by atoms with Crippen LogP contribution in [0.15, 0.2) is 42.9 Å². The molecule has 0 spiro atoms. The molecule has 20 heavy (non-hydrogen) atoms. The van der Waals surface area contributed by atoms with E-state index in [0.717, 1.165) is 13.1 Å². The minimum atomic E-state index is 0.165. The Kier molecular flexibility index (Phi) is 4.61. The van der Waals surface area contributed by atoms with E-state index >= 15 is 0 Å². The van der Waals surface area contributed by atoms with E-state index in [1.54, 1.807) is 0 Å². The Balaban J connectivity index is 2.14. The monoisotopic (exact) mass is 271 g/mol. The van der Waals surface area contributed by atoms with Crippen molar-refractivity contribution < 1.29 is 0 Å². The summed E-state index contributed by atoms with van der Waals surface area (Å²) in [5, 5.41) is 3.69. The van der Waals surface area contributed by atoms with Gasteiger partial charge < -0.3 is 9.88 Å². The number of benzene rings is 1. The quantitative estimate of drug-likeness (QED) is 0.897. The number of hydrogen-bond acceptors (Lipinski definition) is 2. The van der Waals surface area contributed by atoms with Crippen LogP contribution in [0.4, 0.5) is 0 Å². The number of imidazole rings is 1. The van der Waals surface area contributed by atoms with E-state index in [9.17, 15) is 0 Å². The molecule has 1 aromatic heterocycles. The summed E-state index contributed by atoms with van der Waals surface area (Å²) in [5.74, 6) is 0. The van der Waals surface area contributed by atoms with Gasteiger partial charge in [0.15, 0.2) is 0 Å². The van der Waals surface area contributed by atoms with Crippen molar-refractivity contribution >= 4 is 0 Å². The van der Waals surface area contributed by atoms with Gasteiger partial charge in [-0.3, -0.25) is 0 Å². The summed E-state index contributed by atoms with van der Waals surface area (Å²) in [6, 6.07) is 11.0. The van der Waals surface area contributed by atoms with E-state index in [1.807, 2.05) is 12.5 Å². The molecule has 0 aliphatic heterocycles. The average molecular weight is 271 g/mol. The van der Waals surface area contributed by atoms with Gasteiger partial charge in [-0.25, -0.2) is 4.98 Å². The zero-order valence-electron chi connectivity index (χ0n) is 12.9. The molecule has 1 unspecified atom stereocenters. The molecule has 1 atom stereocenters. The van der Waals surface area contributed by atoms with Crippen LogP contribution in [0.1, 0.15) is 45.0 Å². The molecule has 0 aliphatic carbocycles. The molecule has 2 aromatic rings. The molecule has 3 nitrogen and oxygen atoms in total. The molecule has 0 saturated carbocycles. The van der Waals surface area contributed by atoms with E-state index in [4.69, 9.17) is 0 Å². The highest BCUT2D eigenvalue weighted by Crippen LogP contribution is 2.32. The van der Waals surface area contributed by atoms with Crippen LogP contribution in [0.5, 0.6) is 0 Å². The second-order valence-electron chi connectivity index (χ2n) is 6.26. The highest BCUT2D eigenvalue weighted by atomic mass is 15.1. The fraction of sp³-hybridized carbons (Fsp3) is 0.471. The van der Waals surface area contributed by atoms with Crippen molar-refractivity contribution in [2.24, 2.45) is 5.41 Å². The van der Waals surface area contributed by atoms with E-state index < -0.39 is 0 Å². The predicted octanol–water partition coefficient (Wildman–Crippen LogP) is 3.78. The first-order valence-corrected chi connectivity index (χ1v) is 7.29. The van der Waals surface area contributed by atoms with Crippen LogP contribution in [0.3, 0.4) is 0 Å². The molecule has 0 radical (unpaired) electrons. The van der Waals surface area contributed by atoms with E-state index in [2.05, 4.69) is 72.9 Å². The summed E-state index contributed by atoms with van der Waals surface area (Å²) in [6.07, 6.45) is 3.84. The van der Waals surface area contributed by atoms with Crippen molar-refractivity contribution in [1.29, 1.82) is 0 Å². The molecule has 0 amide bonds. The van der Waals surface area contributed by atoms with Gasteiger partial charge in [0.1, 0.15) is 0 Å². The summed E-state index contributed by atoms with van der Waals surface area (Å²) in [4.78, 5) is 4.23. The van der Waals surface area contributed by atoms with Crippen molar-refractivity contribution in [3.8, 4) is 0 Å². The zero-order chi connectivity index (χ0) is 14.6. The first-order chi connectivity index (χ1) is 9.52. The first kappa shape index (κ1) is 14.8. The van der Waals surface area contributed by atoms with E-state index in [1.165, 1.54) is 11.3 Å². The normalized spacial score (nSPS) is 13.4. The number of aromatic nitrogens is 2. The van der Waals surface area contributed by atoms with Gasteiger partial charge in [0.2, 0.25) is 0 Å². The van der Waals surface area contributed by atoms with Gasteiger partial charge in [0.05, 0.1) is 12.0 Å². The third kappa shape index (κ3) is 3.48. The SMILES string of the molecule is CCn1cncc1CNC(c1ccccc1)C(C)(C)C. The van der Waals surface area contributed by atoms with Crippen molar-refractivity contribution in [2.45, 2.75) is 46.8 Å². The molecule has 0 fully saturated rings. The molecule has 0 saturated heterocycles. The van der Waals surface area contributed by atoms with Crippen LogP contribution in [0.25, 0.3) is 0 Å². The number of hydrogen-bond donors (Lipinski definition) is 1. The second-order valence-corrected chi connectivity index (χ2v) is 6.26. The van der Waals surface area contributed by atoms with Gasteiger partial charge in [0, 0.05) is 25.3 Å². The second kappa shape index (κ2) is 6.23. The van der Waals surface area contributed by atoms with Gasteiger partial charge in [-0.1, -0.05) is 51.1 Å².